The van der Waals surface area contributed by atoms with Crippen LogP contribution in [0.1, 0.15) is 13.8 Å². The number of rotatable bonds is 3. The lowest BCUT2D eigenvalue weighted by atomic mass is 10.2. The van der Waals surface area contributed by atoms with Gasteiger partial charge in [0.2, 0.25) is 0 Å². The summed E-state index contributed by atoms with van der Waals surface area (Å²) in [6.07, 6.45) is -2.08. The number of ether oxygens (including phenoxy) is 2. The van der Waals surface area contributed by atoms with Crippen molar-refractivity contribution < 1.29 is 28.6 Å². The minimum atomic E-state index is -1.08. The summed E-state index contributed by atoms with van der Waals surface area (Å²) in [5.41, 5.74) is 0.557. The number of nitrogens with one attached hydrogen (secondary N) is 1. The summed E-state index contributed by atoms with van der Waals surface area (Å²) in [5.74, 6) is -0.535. The Bertz CT molecular complexity index is 815. The number of fused-ring (bicyclic) bond motifs is 1. The van der Waals surface area contributed by atoms with Crippen LogP contribution in [-0.2, 0) is 9.47 Å². The van der Waals surface area contributed by atoms with Crippen LogP contribution in [0.5, 0.6) is 5.75 Å². The van der Waals surface area contributed by atoms with Gasteiger partial charge in [-0.1, -0.05) is 12.1 Å². The van der Waals surface area contributed by atoms with Gasteiger partial charge in [0.1, 0.15) is 5.58 Å². The van der Waals surface area contributed by atoms with E-state index < -0.39 is 29.2 Å². The molecule has 0 aliphatic carbocycles. The van der Waals surface area contributed by atoms with E-state index in [1.54, 1.807) is 26.0 Å². The maximum absolute atomic E-state index is 12.2. The van der Waals surface area contributed by atoms with Crippen LogP contribution >= 0.6 is 0 Å². The van der Waals surface area contributed by atoms with Crippen molar-refractivity contribution in [2.75, 3.05) is 18.2 Å². The number of hydrogen-bond acceptors (Lipinski definition) is 7. The number of hydrazine groups is 1. The highest BCUT2D eigenvalue weighted by atomic mass is 16.6. The third-order valence-electron chi connectivity index (χ3n) is 2.92. The molecular formula is C15H16N2O7. The molecule has 128 valence electrons. The first-order valence-electron chi connectivity index (χ1n) is 7.14. The van der Waals surface area contributed by atoms with Gasteiger partial charge in [0, 0.05) is 0 Å². The molecule has 0 unspecified atom stereocenters. The lowest BCUT2D eigenvalue weighted by Crippen LogP contribution is -2.48. The third-order valence-corrected chi connectivity index (χ3v) is 2.92. The molecular weight excluding hydrogens is 320 g/mol. The summed E-state index contributed by atoms with van der Waals surface area (Å²) in [5, 5.41) is 11.0. The van der Waals surface area contributed by atoms with E-state index in [4.69, 9.17) is 9.15 Å². The van der Waals surface area contributed by atoms with Crippen molar-refractivity contribution in [3.63, 3.8) is 0 Å². The van der Waals surface area contributed by atoms with Crippen LogP contribution in [0.2, 0.25) is 0 Å². The average molecular weight is 336 g/mol. The van der Waals surface area contributed by atoms with Crippen molar-refractivity contribution in [2.24, 2.45) is 0 Å². The Labute approximate surface area is 136 Å². The minimum absolute atomic E-state index is 0.0144. The molecule has 2 N–H and O–H groups in total. The van der Waals surface area contributed by atoms with E-state index in [0.717, 1.165) is 0 Å². The second-order valence-electron chi connectivity index (χ2n) is 4.45. The van der Waals surface area contributed by atoms with Gasteiger partial charge in [-0.05, 0) is 26.0 Å². The molecule has 0 aliphatic rings. The standard InChI is InChI=1S/C15H16N2O7/c1-3-22-14(20)16-17(15(21)23-4-2)11-12(18)9-7-5-6-8-10(9)24-13(11)19/h5-8,18H,3-4H2,1-2H3,(H,16,20). The van der Waals surface area contributed by atoms with Gasteiger partial charge in [-0.2, -0.15) is 5.01 Å². The highest BCUT2D eigenvalue weighted by Crippen LogP contribution is 2.31. The molecule has 2 rings (SSSR count). The fourth-order valence-electron chi connectivity index (χ4n) is 1.96. The first-order valence-corrected chi connectivity index (χ1v) is 7.14. The molecule has 0 spiro atoms. The number of para-hydroxylation sites is 1. The third kappa shape index (κ3) is 3.40. The Kier molecular flexibility index (Phi) is 5.25. The quantitative estimate of drug-likeness (QED) is 0.651. The highest BCUT2D eigenvalue weighted by molar-refractivity contribution is 5.96. The Balaban J connectivity index is 2.56. The zero-order valence-corrected chi connectivity index (χ0v) is 13.1. The van der Waals surface area contributed by atoms with Crippen LogP contribution in [0.3, 0.4) is 0 Å². The van der Waals surface area contributed by atoms with Crippen molar-refractivity contribution in [3.8, 4) is 5.75 Å². The normalized spacial score (nSPS) is 10.2. The molecule has 24 heavy (non-hydrogen) atoms. The summed E-state index contributed by atoms with van der Waals surface area (Å²) >= 11 is 0. The molecule has 0 bridgehead atoms. The van der Waals surface area contributed by atoms with Crippen LogP contribution in [-0.4, -0.2) is 30.5 Å². The molecule has 9 nitrogen and oxygen atoms in total. The molecule has 0 radical (unpaired) electrons. The van der Waals surface area contributed by atoms with Crippen LogP contribution in [0.25, 0.3) is 11.0 Å². The van der Waals surface area contributed by atoms with Gasteiger partial charge in [-0.15, -0.1) is 0 Å². The molecule has 0 saturated carbocycles. The van der Waals surface area contributed by atoms with Crippen LogP contribution in [0.4, 0.5) is 15.3 Å². The van der Waals surface area contributed by atoms with Gasteiger partial charge in [-0.25, -0.2) is 19.8 Å². The molecule has 2 aromatic rings. The van der Waals surface area contributed by atoms with Crippen molar-refractivity contribution in [2.45, 2.75) is 13.8 Å². The first kappa shape index (κ1) is 17.1. The molecule has 1 aromatic heterocycles. The van der Waals surface area contributed by atoms with E-state index in [-0.39, 0.29) is 24.2 Å². The molecule has 2 amide bonds. The number of carbonyl (C=O) groups excluding carboxylic acids is 2. The molecule has 1 aromatic carbocycles. The van der Waals surface area contributed by atoms with E-state index in [9.17, 15) is 19.5 Å². The minimum Gasteiger partial charge on any atom is -0.505 e. The van der Waals surface area contributed by atoms with Crippen molar-refractivity contribution >= 4 is 28.8 Å². The maximum atomic E-state index is 12.2. The Morgan fingerprint density at radius 1 is 1.21 bits per heavy atom. The van der Waals surface area contributed by atoms with Gasteiger partial charge in [0.25, 0.3) is 0 Å². The van der Waals surface area contributed by atoms with Crippen molar-refractivity contribution in [1.29, 1.82) is 0 Å². The number of anilines is 1. The smallest absolute Gasteiger partial charge is 0.433 e. The summed E-state index contributed by atoms with van der Waals surface area (Å²) < 4.78 is 14.5. The molecule has 0 saturated heterocycles. The van der Waals surface area contributed by atoms with E-state index >= 15 is 0 Å². The van der Waals surface area contributed by atoms with E-state index in [1.807, 2.05) is 5.43 Å². The molecule has 0 aliphatic heterocycles. The van der Waals surface area contributed by atoms with Crippen LogP contribution in [0.15, 0.2) is 33.5 Å². The molecule has 9 heteroatoms. The summed E-state index contributed by atoms with van der Waals surface area (Å²) in [7, 11) is 0. The van der Waals surface area contributed by atoms with E-state index in [0.29, 0.717) is 5.01 Å². The van der Waals surface area contributed by atoms with Crippen molar-refractivity contribution in [3.05, 3.63) is 34.7 Å². The summed E-state index contributed by atoms with van der Waals surface area (Å²) in [6.45, 7) is 3.14. The lowest BCUT2D eigenvalue weighted by molar-refractivity contribution is 0.138. The maximum Gasteiger partial charge on any atom is 0.433 e. The SMILES string of the molecule is CCOC(=O)NN(C(=O)OCC)c1c(O)c2ccccc2oc1=O. The Morgan fingerprint density at radius 3 is 2.54 bits per heavy atom. The highest BCUT2D eigenvalue weighted by Gasteiger charge is 2.28. The fourth-order valence-corrected chi connectivity index (χ4v) is 1.96. The first-order chi connectivity index (χ1) is 11.5. The number of amides is 2. The summed E-state index contributed by atoms with van der Waals surface area (Å²) in [6, 6.07) is 6.20. The van der Waals surface area contributed by atoms with Gasteiger partial charge in [0.05, 0.1) is 18.6 Å². The fraction of sp³-hybridized carbons (Fsp3) is 0.267. The summed E-state index contributed by atoms with van der Waals surface area (Å²) in [4.78, 5) is 35.9. The molecule has 0 fully saturated rings. The number of carbonyl (C=O) groups is 2. The predicted octanol–water partition coefficient (Wildman–Crippen LogP) is 2.12. The van der Waals surface area contributed by atoms with Crippen molar-refractivity contribution in [1.82, 2.24) is 5.43 Å². The van der Waals surface area contributed by atoms with Gasteiger partial charge >= 0.3 is 17.8 Å². The predicted molar refractivity (Wildman–Crippen MR) is 83.8 cm³/mol. The molecule has 0 atom stereocenters. The number of nitrogens with zero attached hydrogens (tertiary/aromatic N) is 1. The number of benzene rings is 1. The van der Waals surface area contributed by atoms with Gasteiger partial charge in [0.15, 0.2) is 11.4 Å². The monoisotopic (exact) mass is 336 g/mol. The largest absolute Gasteiger partial charge is 0.505 e. The zero-order valence-electron chi connectivity index (χ0n) is 13.1. The second-order valence-corrected chi connectivity index (χ2v) is 4.45. The lowest BCUT2D eigenvalue weighted by Gasteiger charge is -2.21. The zero-order chi connectivity index (χ0) is 17.7. The van der Waals surface area contributed by atoms with Gasteiger partial charge < -0.3 is 19.0 Å². The van der Waals surface area contributed by atoms with Gasteiger partial charge in [-0.3, -0.25) is 0 Å². The number of aromatic hydroxyl groups is 1. The van der Waals surface area contributed by atoms with Crippen LogP contribution < -0.4 is 16.1 Å². The number of hydrogen-bond donors (Lipinski definition) is 2. The average Bonchev–Trinajstić information content (AvgIpc) is 2.54. The Hall–Kier alpha value is -3.23. The topological polar surface area (TPSA) is 118 Å². The van der Waals surface area contributed by atoms with E-state index in [2.05, 4.69) is 4.74 Å². The van der Waals surface area contributed by atoms with E-state index in [1.165, 1.54) is 12.1 Å². The van der Waals surface area contributed by atoms with Crippen LogP contribution in [0, 0.1) is 0 Å². The molecule has 1 heterocycles. The Morgan fingerprint density at radius 2 is 1.88 bits per heavy atom. The second kappa shape index (κ2) is 7.36.